The Morgan fingerprint density at radius 2 is 1.97 bits per heavy atom. The SMILES string of the molecule is C[C@H](NS(=O)(=O)/C=C/c1n[nH]c2c1CCCCCC2Cc1cccc(Cl)c1)c1ccccc1. The van der Waals surface area contributed by atoms with Crippen LogP contribution in [0.25, 0.3) is 6.08 Å². The Morgan fingerprint density at radius 3 is 2.76 bits per heavy atom. The van der Waals surface area contributed by atoms with Gasteiger partial charge in [0.25, 0.3) is 0 Å². The number of benzene rings is 2. The minimum absolute atomic E-state index is 0.307. The van der Waals surface area contributed by atoms with Gasteiger partial charge < -0.3 is 0 Å². The number of aromatic nitrogens is 2. The van der Waals surface area contributed by atoms with Crippen molar-refractivity contribution in [3.8, 4) is 0 Å². The van der Waals surface area contributed by atoms with Gasteiger partial charge >= 0.3 is 0 Å². The Morgan fingerprint density at radius 1 is 1.15 bits per heavy atom. The fourth-order valence-corrected chi connectivity index (χ4v) is 5.78. The van der Waals surface area contributed by atoms with E-state index in [1.54, 1.807) is 6.08 Å². The van der Waals surface area contributed by atoms with Crippen molar-refractivity contribution < 1.29 is 8.42 Å². The molecule has 0 amide bonds. The maximum Gasteiger partial charge on any atom is 0.234 e. The predicted molar refractivity (Wildman–Crippen MR) is 135 cm³/mol. The summed E-state index contributed by atoms with van der Waals surface area (Å²) < 4.78 is 28.1. The van der Waals surface area contributed by atoms with Crippen molar-refractivity contribution in [2.45, 2.75) is 57.4 Å². The van der Waals surface area contributed by atoms with Gasteiger partial charge in [-0.15, -0.1) is 0 Å². The van der Waals surface area contributed by atoms with Gasteiger partial charge in [0.1, 0.15) is 0 Å². The van der Waals surface area contributed by atoms with Crippen LogP contribution in [0.15, 0.2) is 60.0 Å². The van der Waals surface area contributed by atoms with Crippen molar-refractivity contribution in [1.29, 1.82) is 0 Å². The zero-order valence-corrected chi connectivity index (χ0v) is 20.4. The molecule has 33 heavy (non-hydrogen) atoms. The van der Waals surface area contributed by atoms with Crippen molar-refractivity contribution in [1.82, 2.24) is 14.9 Å². The fourth-order valence-electron chi connectivity index (χ4n) is 4.55. The van der Waals surface area contributed by atoms with Crippen molar-refractivity contribution in [3.05, 3.63) is 93.1 Å². The molecular weight excluding hydrogens is 454 g/mol. The second-order valence-electron chi connectivity index (χ2n) is 8.73. The Balaban J connectivity index is 1.53. The lowest BCUT2D eigenvalue weighted by molar-refractivity contribution is 0.522. The minimum atomic E-state index is -3.61. The number of hydrogen-bond donors (Lipinski definition) is 2. The molecule has 7 heteroatoms. The predicted octanol–water partition coefficient (Wildman–Crippen LogP) is 6.16. The van der Waals surface area contributed by atoms with E-state index < -0.39 is 10.0 Å². The van der Waals surface area contributed by atoms with Gasteiger partial charge in [0.05, 0.1) is 5.69 Å². The molecule has 5 nitrogen and oxygen atoms in total. The summed E-state index contributed by atoms with van der Waals surface area (Å²) in [4.78, 5) is 0. The molecular formula is C26H30ClN3O2S. The largest absolute Gasteiger partial charge is 0.281 e. The summed E-state index contributed by atoms with van der Waals surface area (Å²) >= 11 is 6.19. The Labute approximate surface area is 201 Å². The van der Waals surface area contributed by atoms with E-state index in [4.69, 9.17) is 11.6 Å². The smallest absolute Gasteiger partial charge is 0.234 e. The lowest BCUT2D eigenvalue weighted by Gasteiger charge is -2.20. The Bertz CT molecular complexity index is 1210. The maximum atomic E-state index is 12.7. The standard InChI is InChI=1S/C26H30ClN3O2S/c1-19(21-10-4-2-5-11-21)30-33(31,32)16-15-25-24-14-7-3-6-12-22(26(24)29-28-25)17-20-9-8-13-23(27)18-20/h2,4-5,8-11,13,15-16,18-19,22,30H,3,6-7,12,14,17H2,1H3,(H,28,29)/b16-15+/t19-,22?/m0/s1. The molecule has 4 rings (SSSR count). The average Bonchev–Trinajstić information content (AvgIpc) is 3.17. The maximum absolute atomic E-state index is 12.7. The molecule has 0 spiro atoms. The highest BCUT2D eigenvalue weighted by Gasteiger charge is 2.23. The molecule has 2 N–H and O–H groups in total. The first-order valence-electron chi connectivity index (χ1n) is 11.5. The molecule has 0 saturated heterocycles. The zero-order chi connectivity index (χ0) is 23.3. The minimum Gasteiger partial charge on any atom is -0.281 e. The highest BCUT2D eigenvalue weighted by atomic mass is 35.5. The van der Waals surface area contributed by atoms with Crippen LogP contribution in [0.3, 0.4) is 0 Å². The molecule has 2 atom stereocenters. The van der Waals surface area contributed by atoms with E-state index in [-0.39, 0.29) is 6.04 Å². The van der Waals surface area contributed by atoms with Crippen LogP contribution in [0.5, 0.6) is 0 Å². The second-order valence-corrected chi connectivity index (χ2v) is 10.8. The summed E-state index contributed by atoms with van der Waals surface area (Å²) in [6, 6.07) is 17.2. The van der Waals surface area contributed by atoms with E-state index in [9.17, 15) is 8.42 Å². The van der Waals surface area contributed by atoms with Crippen LogP contribution in [0.4, 0.5) is 0 Å². The van der Waals surface area contributed by atoms with E-state index in [1.165, 1.54) is 17.4 Å². The molecule has 3 aromatic rings. The van der Waals surface area contributed by atoms with Crippen LogP contribution < -0.4 is 4.72 Å². The Kier molecular flexibility index (Phi) is 7.68. The zero-order valence-electron chi connectivity index (χ0n) is 18.8. The van der Waals surface area contributed by atoms with Crippen LogP contribution in [-0.4, -0.2) is 18.6 Å². The molecule has 1 aliphatic carbocycles. The average molecular weight is 484 g/mol. The molecule has 0 radical (unpaired) electrons. The third-order valence-electron chi connectivity index (χ3n) is 6.24. The highest BCUT2D eigenvalue weighted by molar-refractivity contribution is 7.92. The van der Waals surface area contributed by atoms with Gasteiger partial charge in [-0.1, -0.05) is 66.9 Å². The van der Waals surface area contributed by atoms with E-state index in [2.05, 4.69) is 21.0 Å². The number of nitrogens with zero attached hydrogens (tertiary/aromatic N) is 1. The number of H-pyrrole nitrogens is 1. The molecule has 1 unspecified atom stereocenters. The quantitative estimate of drug-likeness (QED) is 0.422. The van der Waals surface area contributed by atoms with Crippen molar-refractivity contribution >= 4 is 27.7 Å². The number of sulfonamides is 1. The van der Waals surface area contributed by atoms with Crippen LogP contribution >= 0.6 is 11.6 Å². The summed E-state index contributed by atoms with van der Waals surface area (Å²) in [7, 11) is -3.61. The molecule has 0 saturated carbocycles. The van der Waals surface area contributed by atoms with Gasteiger partial charge in [-0.2, -0.15) is 5.10 Å². The summed E-state index contributed by atoms with van der Waals surface area (Å²) in [5.41, 5.74) is 5.08. The van der Waals surface area contributed by atoms with Gasteiger partial charge in [0.15, 0.2) is 0 Å². The molecule has 0 fully saturated rings. The van der Waals surface area contributed by atoms with Gasteiger partial charge in [-0.05, 0) is 61.9 Å². The third-order valence-corrected chi connectivity index (χ3v) is 7.65. The van der Waals surface area contributed by atoms with Crippen LogP contribution in [0.1, 0.15) is 72.6 Å². The Hall–Kier alpha value is -2.41. The number of aromatic amines is 1. The molecule has 0 aliphatic heterocycles. The first-order chi connectivity index (χ1) is 15.9. The van der Waals surface area contributed by atoms with Gasteiger partial charge in [-0.3, -0.25) is 5.10 Å². The fraction of sp³-hybridized carbons (Fsp3) is 0.346. The number of rotatable bonds is 7. The molecule has 2 aromatic carbocycles. The lowest BCUT2D eigenvalue weighted by Crippen LogP contribution is -2.24. The topological polar surface area (TPSA) is 74.8 Å². The molecule has 0 bridgehead atoms. The van der Waals surface area contributed by atoms with E-state index in [0.29, 0.717) is 11.6 Å². The first-order valence-corrected chi connectivity index (χ1v) is 13.4. The summed E-state index contributed by atoms with van der Waals surface area (Å²) in [5.74, 6) is 0.307. The monoisotopic (exact) mass is 483 g/mol. The number of fused-ring (bicyclic) bond motifs is 1. The lowest BCUT2D eigenvalue weighted by atomic mass is 9.85. The van der Waals surface area contributed by atoms with Gasteiger partial charge in [0, 0.05) is 33.6 Å². The highest BCUT2D eigenvalue weighted by Crippen LogP contribution is 2.33. The summed E-state index contributed by atoms with van der Waals surface area (Å²) in [5, 5.41) is 9.71. The number of hydrogen-bond acceptors (Lipinski definition) is 3. The van der Waals surface area contributed by atoms with Crippen LogP contribution in [0.2, 0.25) is 5.02 Å². The molecule has 1 aliphatic rings. The number of nitrogens with one attached hydrogen (secondary N) is 2. The van der Waals surface area contributed by atoms with Crippen LogP contribution in [0, 0.1) is 0 Å². The normalized spacial score (nSPS) is 17.9. The summed E-state index contributed by atoms with van der Waals surface area (Å²) in [6.07, 6.45) is 7.87. The van der Waals surface area contributed by atoms with E-state index in [1.807, 2.05) is 55.5 Å². The van der Waals surface area contributed by atoms with Crippen LogP contribution in [-0.2, 0) is 22.9 Å². The summed E-state index contributed by atoms with van der Waals surface area (Å²) in [6.45, 7) is 1.84. The van der Waals surface area contributed by atoms with Crippen molar-refractivity contribution in [2.24, 2.45) is 0 Å². The molecule has 174 valence electrons. The second kappa shape index (κ2) is 10.7. The van der Waals surface area contributed by atoms with Gasteiger partial charge in [0.2, 0.25) is 10.0 Å². The third kappa shape index (κ3) is 6.34. The number of halogens is 1. The first kappa shape index (κ1) is 23.7. The van der Waals surface area contributed by atoms with Crippen molar-refractivity contribution in [2.75, 3.05) is 0 Å². The van der Waals surface area contributed by atoms with Gasteiger partial charge in [-0.25, -0.2) is 13.1 Å². The van der Waals surface area contributed by atoms with E-state index >= 15 is 0 Å². The van der Waals surface area contributed by atoms with E-state index in [0.717, 1.165) is 53.9 Å². The molecule has 1 aromatic heterocycles. The van der Waals surface area contributed by atoms with Crippen molar-refractivity contribution in [3.63, 3.8) is 0 Å². The molecule has 1 heterocycles.